The van der Waals surface area contributed by atoms with E-state index in [1.54, 1.807) is 13.8 Å². The number of alkyl halides is 2. The molecule has 19 heavy (non-hydrogen) atoms. The lowest BCUT2D eigenvalue weighted by Gasteiger charge is -2.09. The Balaban J connectivity index is 3.27. The van der Waals surface area contributed by atoms with E-state index in [-0.39, 0.29) is 28.0 Å². The SMILES string of the molecule is CC(C)/C(=C/c1cc(Cl)ccc1OC(F)F)[N+](=O)[O-]. The topological polar surface area (TPSA) is 52.4 Å². The Morgan fingerprint density at radius 3 is 2.58 bits per heavy atom. The molecule has 0 N–H and O–H groups in total. The van der Waals surface area contributed by atoms with Crippen molar-refractivity contribution in [3.05, 3.63) is 44.6 Å². The average Bonchev–Trinajstić information content (AvgIpc) is 2.27. The van der Waals surface area contributed by atoms with Gasteiger partial charge in [0.15, 0.2) is 0 Å². The molecule has 0 bridgehead atoms. The van der Waals surface area contributed by atoms with Gasteiger partial charge in [-0.25, -0.2) is 0 Å². The summed E-state index contributed by atoms with van der Waals surface area (Å²) in [5, 5.41) is 11.2. The molecular formula is C12H12ClF2NO3. The fourth-order valence-corrected chi connectivity index (χ4v) is 1.61. The number of rotatable bonds is 5. The minimum absolute atomic E-state index is 0.110. The van der Waals surface area contributed by atoms with Gasteiger partial charge in [0.1, 0.15) is 5.75 Å². The summed E-state index contributed by atoms with van der Waals surface area (Å²) in [4.78, 5) is 10.3. The van der Waals surface area contributed by atoms with Crippen LogP contribution in [0.2, 0.25) is 5.02 Å². The molecule has 0 aromatic heterocycles. The maximum atomic E-state index is 12.2. The van der Waals surface area contributed by atoms with Crippen LogP contribution in [0.1, 0.15) is 19.4 Å². The molecule has 1 aromatic rings. The Morgan fingerprint density at radius 2 is 2.11 bits per heavy atom. The molecule has 7 heteroatoms. The second kappa shape index (κ2) is 6.47. The van der Waals surface area contributed by atoms with E-state index in [2.05, 4.69) is 4.74 Å². The van der Waals surface area contributed by atoms with Gasteiger partial charge in [0.05, 0.1) is 4.92 Å². The van der Waals surface area contributed by atoms with Crippen LogP contribution < -0.4 is 4.74 Å². The smallest absolute Gasteiger partial charge is 0.387 e. The van der Waals surface area contributed by atoms with Gasteiger partial charge < -0.3 is 4.74 Å². The lowest BCUT2D eigenvalue weighted by molar-refractivity contribution is -0.431. The van der Waals surface area contributed by atoms with E-state index < -0.39 is 11.5 Å². The predicted molar refractivity (Wildman–Crippen MR) is 67.9 cm³/mol. The number of ether oxygens (including phenoxy) is 1. The van der Waals surface area contributed by atoms with Crippen LogP contribution in [0, 0.1) is 16.0 Å². The molecule has 0 spiro atoms. The molecule has 1 aromatic carbocycles. The summed E-state index contributed by atoms with van der Waals surface area (Å²) in [6.07, 6.45) is 1.19. The van der Waals surface area contributed by atoms with Crippen LogP contribution in [0.15, 0.2) is 23.9 Å². The van der Waals surface area contributed by atoms with Gasteiger partial charge in [0, 0.05) is 22.6 Å². The number of nitrogens with zero attached hydrogens (tertiary/aromatic N) is 1. The number of allylic oxidation sites excluding steroid dienone is 1. The Hall–Kier alpha value is -1.69. The third-order valence-corrected chi connectivity index (χ3v) is 2.53. The van der Waals surface area contributed by atoms with Gasteiger partial charge in [-0.1, -0.05) is 25.4 Å². The lowest BCUT2D eigenvalue weighted by Crippen LogP contribution is -2.07. The third-order valence-electron chi connectivity index (χ3n) is 2.29. The quantitative estimate of drug-likeness (QED) is 0.603. The zero-order valence-corrected chi connectivity index (χ0v) is 11.0. The Labute approximate surface area is 113 Å². The Bertz CT molecular complexity index is 504. The van der Waals surface area contributed by atoms with Crippen molar-refractivity contribution in [3.63, 3.8) is 0 Å². The molecule has 0 fully saturated rings. The highest BCUT2D eigenvalue weighted by atomic mass is 35.5. The minimum atomic E-state index is -3.01. The summed E-state index contributed by atoms with van der Waals surface area (Å²) in [7, 11) is 0. The first-order valence-electron chi connectivity index (χ1n) is 5.41. The molecule has 1 rings (SSSR count). The first kappa shape index (κ1) is 15.4. The molecule has 0 aliphatic heterocycles. The van der Waals surface area contributed by atoms with Crippen molar-refractivity contribution in [1.82, 2.24) is 0 Å². The summed E-state index contributed by atoms with van der Waals surface area (Å²) in [6.45, 7) is 0.256. The maximum absolute atomic E-state index is 12.2. The molecule has 0 heterocycles. The minimum Gasteiger partial charge on any atom is -0.434 e. The molecule has 0 aliphatic rings. The molecule has 4 nitrogen and oxygen atoms in total. The van der Waals surface area contributed by atoms with Crippen molar-refractivity contribution in [2.45, 2.75) is 20.5 Å². The van der Waals surface area contributed by atoms with E-state index in [9.17, 15) is 18.9 Å². The predicted octanol–water partition coefficient (Wildman–Crippen LogP) is 4.22. The summed E-state index contributed by atoms with van der Waals surface area (Å²) < 4.78 is 28.8. The monoisotopic (exact) mass is 291 g/mol. The highest BCUT2D eigenvalue weighted by Crippen LogP contribution is 2.28. The van der Waals surface area contributed by atoms with Crippen LogP contribution in [-0.2, 0) is 0 Å². The second-order valence-corrected chi connectivity index (χ2v) is 4.48. The van der Waals surface area contributed by atoms with E-state index in [1.807, 2.05) is 0 Å². The second-order valence-electron chi connectivity index (χ2n) is 4.04. The van der Waals surface area contributed by atoms with Gasteiger partial charge >= 0.3 is 6.61 Å². The standard InChI is InChI=1S/C12H12ClF2NO3/c1-7(2)10(16(17)18)6-8-5-9(13)3-4-11(8)19-12(14)15/h3-7,12H,1-2H3/b10-6-. The van der Waals surface area contributed by atoms with Crippen LogP contribution in [0.3, 0.4) is 0 Å². The van der Waals surface area contributed by atoms with Gasteiger partial charge in [0.2, 0.25) is 5.70 Å². The van der Waals surface area contributed by atoms with E-state index in [0.717, 1.165) is 0 Å². The van der Waals surface area contributed by atoms with Gasteiger partial charge in [0.25, 0.3) is 0 Å². The van der Waals surface area contributed by atoms with Gasteiger partial charge in [-0.15, -0.1) is 0 Å². The molecule has 0 unspecified atom stereocenters. The number of benzene rings is 1. The van der Waals surface area contributed by atoms with Gasteiger partial charge in [-0.2, -0.15) is 8.78 Å². The maximum Gasteiger partial charge on any atom is 0.387 e. The van der Waals surface area contributed by atoms with E-state index in [0.29, 0.717) is 0 Å². The zero-order valence-electron chi connectivity index (χ0n) is 10.3. The number of halogens is 3. The average molecular weight is 292 g/mol. The first-order chi connectivity index (χ1) is 8.81. The number of hydrogen-bond donors (Lipinski definition) is 0. The van der Waals surface area contributed by atoms with Crippen LogP contribution in [-0.4, -0.2) is 11.5 Å². The fourth-order valence-electron chi connectivity index (χ4n) is 1.42. The van der Waals surface area contributed by atoms with Crippen molar-refractivity contribution in [2.24, 2.45) is 5.92 Å². The Morgan fingerprint density at radius 1 is 1.47 bits per heavy atom. The van der Waals surface area contributed by atoms with Crippen molar-refractivity contribution in [2.75, 3.05) is 0 Å². The van der Waals surface area contributed by atoms with Crippen LogP contribution in [0.4, 0.5) is 8.78 Å². The molecule has 0 saturated heterocycles. The molecule has 0 radical (unpaired) electrons. The summed E-state index contributed by atoms with van der Waals surface area (Å²) >= 11 is 5.75. The summed E-state index contributed by atoms with van der Waals surface area (Å²) in [6, 6.07) is 3.96. The van der Waals surface area contributed by atoms with Crippen LogP contribution in [0.25, 0.3) is 6.08 Å². The molecule has 0 aliphatic carbocycles. The van der Waals surface area contributed by atoms with E-state index in [1.165, 1.54) is 24.3 Å². The van der Waals surface area contributed by atoms with Gasteiger partial charge in [-0.05, 0) is 18.2 Å². The van der Waals surface area contributed by atoms with Crippen LogP contribution in [0.5, 0.6) is 5.75 Å². The molecule has 104 valence electrons. The number of nitro groups is 1. The van der Waals surface area contributed by atoms with Crippen molar-refractivity contribution in [1.29, 1.82) is 0 Å². The number of hydrogen-bond acceptors (Lipinski definition) is 3. The van der Waals surface area contributed by atoms with Crippen molar-refractivity contribution in [3.8, 4) is 5.75 Å². The van der Waals surface area contributed by atoms with E-state index >= 15 is 0 Å². The zero-order chi connectivity index (χ0) is 14.6. The third kappa shape index (κ3) is 4.48. The highest BCUT2D eigenvalue weighted by molar-refractivity contribution is 6.30. The summed E-state index contributed by atoms with van der Waals surface area (Å²) in [5.74, 6) is -0.521. The first-order valence-corrected chi connectivity index (χ1v) is 5.79. The molecule has 0 amide bonds. The summed E-state index contributed by atoms with van der Waals surface area (Å²) in [5.41, 5.74) is 0.0367. The fraction of sp³-hybridized carbons (Fsp3) is 0.333. The Kier molecular flexibility index (Phi) is 5.23. The van der Waals surface area contributed by atoms with Crippen molar-refractivity contribution < 1.29 is 18.4 Å². The molecular weight excluding hydrogens is 280 g/mol. The highest BCUT2D eigenvalue weighted by Gasteiger charge is 2.18. The molecule has 0 saturated carbocycles. The van der Waals surface area contributed by atoms with Gasteiger partial charge in [-0.3, -0.25) is 10.1 Å². The van der Waals surface area contributed by atoms with Crippen LogP contribution >= 0.6 is 11.6 Å². The van der Waals surface area contributed by atoms with Crippen molar-refractivity contribution >= 4 is 17.7 Å². The van der Waals surface area contributed by atoms with E-state index in [4.69, 9.17) is 11.6 Å². The lowest BCUT2D eigenvalue weighted by atomic mass is 10.1. The normalized spacial score (nSPS) is 12.1. The largest absolute Gasteiger partial charge is 0.434 e. The molecule has 0 atom stereocenters.